The lowest BCUT2D eigenvalue weighted by molar-refractivity contribution is 0.441. The van der Waals surface area contributed by atoms with Crippen molar-refractivity contribution in [1.82, 2.24) is 15.0 Å². The fourth-order valence-corrected chi connectivity index (χ4v) is 11.4. The Hall–Kier alpha value is -6.04. The minimum Gasteiger partial charge on any atom is -0.402 e. The number of benzene rings is 5. The molecular weight excluding hydrogens is 689 g/mol. The Balaban J connectivity index is 1.16. The Bertz CT molecular complexity index is 2740. The van der Waals surface area contributed by atoms with Gasteiger partial charge in [-0.3, -0.25) is 0 Å². The molecule has 2 heterocycles. The molecule has 4 nitrogen and oxygen atoms in total. The van der Waals surface area contributed by atoms with Gasteiger partial charge in [0.1, 0.15) is 5.82 Å². The maximum absolute atomic E-state index is 6.83. The van der Waals surface area contributed by atoms with Crippen LogP contribution >= 0.6 is 11.8 Å². The maximum atomic E-state index is 6.83. The third-order valence-electron chi connectivity index (χ3n) is 12.3. The highest BCUT2D eigenvalue weighted by molar-refractivity contribution is 8.03. The van der Waals surface area contributed by atoms with Gasteiger partial charge in [0.2, 0.25) is 0 Å². The smallest absolute Gasteiger partial charge is 0.163 e. The van der Waals surface area contributed by atoms with Crippen molar-refractivity contribution >= 4 is 22.5 Å². The van der Waals surface area contributed by atoms with E-state index in [-0.39, 0.29) is 23.7 Å². The highest BCUT2D eigenvalue weighted by atomic mass is 32.2. The molecule has 264 valence electrons. The summed E-state index contributed by atoms with van der Waals surface area (Å²) in [7, 11) is 0. The molecule has 55 heavy (non-hydrogen) atoms. The molecule has 5 aromatic carbocycles. The Morgan fingerprint density at radius 2 is 1.36 bits per heavy atom. The molecule has 5 unspecified atom stereocenters. The van der Waals surface area contributed by atoms with Crippen LogP contribution in [0.2, 0.25) is 0 Å². The van der Waals surface area contributed by atoms with Crippen LogP contribution in [0.5, 0.6) is 0 Å². The van der Waals surface area contributed by atoms with Crippen LogP contribution in [0.15, 0.2) is 191 Å². The standard InChI is InChI=1S/C50H38N4S/c51-44-27-11-8-20-37(44)38-21-12-25-42-45(38)55-46-39(22-13-26-43(46)50(42)40-23-9-6-18-35(40)36-19-7-10-24-41(36)50)49-53-47(32-15-2-1-3-16-32)52-48(54-49)34-29-28-31-14-4-5-17-33(31)30-34/h1-19,21,23-30,35,37,39-40H,20,22,51H2. The Kier molecular flexibility index (Phi) is 7.53. The maximum Gasteiger partial charge on any atom is 0.163 e. The van der Waals surface area contributed by atoms with Crippen LogP contribution < -0.4 is 5.73 Å². The molecule has 6 aromatic rings. The van der Waals surface area contributed by atoms with Gasteiger partial charge in [-0.15, -0.1) is 0 Å². The highest BCUT2D eigenvalue weighted by Gasteiger charge is 2.57. The second-order valence-corrected chi connectivity index (χ2v) is 16.2. The topological polar surface area (TPSA) is 64.7 Å². The first-order valence-electron chi connectivity index (χ1n) is 19.3. The molecule has 5 atom stereocenters. The lowest BCUT2D eigenvalue weighted by atomic mass is 9.60. The molecule has 0 radical (unpaired) electrons. The molecule has 5 aliphatic rings. The molecule has 0 fully saturated rings. The zero-order chi connectivity index (χ0) is 36.5. The van der Waals surface area contributed by atoms with Crippen LogP contribution in [0, 0.1) is 5.92 Å². The highest BCUT2D eigenvalue weighted by Crippen LogP contribution is 2.67. The molecule has 5 heteroatoms. The summed E-state index contributed by atoms with van der Waals surface area (Å²) in [5.74, 6) is 2.72. The predicted molar refractivity (Wildman–Crippen MR) is 225 cm³/mol. The van der Waals surface area contributed by atoms with Crippen molar-refractivity contribution in [1.29, 1.82) is 0 Å². The van der Waals surface area contributed by atoms with Crippen molar-refractivity contribution in [3.05, 3.63) is 214 Å². The fraction of sp³-hybridized carbons (Fsp3) is 0.140. The van der Waals surface area contributed by atoms with Crippen LogP contribution in [-0.2, 0) is 5.41 Å². The Labute approximate surface area is 325 Å². The summed E-state index contributed by atoms with van der Waals surface area (Å²) in [6, 6.07) is 41.4. The van der Waals surface area contributed by atoms with E-state index in [1.165, 1.54) is 43.0 Å². The number of nitrogens with two attached hydrogens (primary N) is 1. The summed E-state index contributed by atoms with van der Waals surface area (Å²) in [6.45, 7) is 0. The van der Waals surface area contributed by atoms with Crippen LogP contribution in [0.4, 0.5) is 0 Å². The van der Waals surface area contributed by atoms with Crippen LogP contribution in [0.3, 0.4) is 0 Å². The monoisotopic (exact) mass is 726 g/mol. The van der Waals surface area contributed by atoms with E-state index in [0.29, 0.717) is 11.6 Å². The lowest BCUT2D eigenvalue weighted by Gasteiger charge is -2.47. The van der Waals surface area contributed by atoms with E-state index >= 15 is 0 Å². The van der Waals surface area contributed by atoms with Gasteiger partial charge < -0.3 is 5.73 Å². The van der Waals surface area contributed by atoms with Gasteiger partial charge in [-0.25, -0.2) is 15.0 Å². The van der Waals surface area contributed by atoms with Gasteiger partial charge in [-0.05, 0) is 63.6 Å². The fourth-order valence-electron chi connectivity index (χ4n) is 9.85. The molecule has 0 saturated heterocycles. The molecule has 1 spiro atoms. The molecule has 0 amide bonds. The first-order chi connectivity index (χ1) is 27.2. The predicted octanol–water partition coefficient (Wildman–Crippen LogP) is 11.5. The van der Waals surface area contributed by atoms with Gasteiger partial charge in [0.05, 0.1) is 11.3 Å². The second-order valence-electron chi connectivity index (χ2n) is 15.2. The minimum absolute atomic E-state index is 0.0683. The third kappa shape index (κ3) is 4.96. The average Bonchev–Trinajstić information content (AvgIpc) is 3.54. The second kappa shape index (κ2) is 12.8. The number of rotatable bonds is 4. The van der Waals surface area contributed by atoms with E-state index in [0.717, 1.165) is 40.9 Å². The van der Waals surface area contributed by atoms with E-state index in [2.05, 4.69) is 164 Å². The zero-order valence-electron chi connectivity index (χ0n) is 30.2. The van der Waals surface area contributed by atoms with Gasteiger partial charge in [-0.2, -0.15) is 0 Å². The molecule has 1 aromatic heterocycles. The van der Waals surface area contributed by atoms with Crippen molar-refractivity contribution in [2.75, 3.05) is 0 Å². The van der Waals surface area contributed by atoms with E-state index < -0.39 is 5.41 Å². The number of hydrogen-bond donors (Lipinski definition) is 1. The first kappa shape index (κ1) is 32.4. The SMILES string of the molecule is NC1=CC=CCC1c1cccc2c1SC1=C(C=CCC1c1nc(-c3ccccc3)nc(-c3ccc4ccccc4c3)n1)C21c2ccccc2C2C=CC=CC21. The minimum atomic E-state index is -0.400. The number of allylic oxidation sites excluding steroid dienone is 12. The molecule has 0 bridgehead atoms. The molecular formula is C50H38N4S. The summed E-state index contributed by atoms with van der Waals surface area (Å²) >= 11 is 1.93. The van der Waals surface area contributed by atoms with Gasteiger partial charge in [-0.1, -0.05) is 170 Å². The number of thioether (sulfide) groups is 1. The lowest BCUT2D eigenvalue weighted by Crippen LogP contribution is -2.39. The summed E-state index contributed by atoms with van der Waals surface area (Å²) in [6.07, 6.45) is 22.3. The van der Waals surface area contributed by atoms with Crippen molar-refractivity contribution in [2.24, 2.45) is 11.7 Å². The van der Waals surface area contributed by atoms with Crippen LogP contribution in [0.1, 0.15) is 58.7 Å². The summed E-state index contributed by atoms with van der Waals surface area (Å²) in [4.78, 5) is 18.6. The Morgan fingerprint density at radius 1 is 0.618 bits per heavy atom. The molecule has 0 saturated carbocycles. The van der Waals surface area contributed by atoms with E-state index in [1.807, 2.05) is 17.8 Å². The number of nitrogens with zero attached hydrogens (tertiary/aromatic N) is 3. The van der Waals surface area contributed by atoms with Gasteiger partial charge in [0, 0.05) is 44.4 Å². The van der Waals surface area contributed by atoms with E-state index in [1.54, 1.807) is 0 Å². The summed E-state index contributed by atoms with van der Waals surface area (Å²) < 4.78 is 0. The average molecular weight is 727 g/mol. The third-order valence-corrected chi connectivity index (χ3v) is 13.7. The quantitative estimate of drug-likeness (QED) is 0.196. The van der Waals surface area contributed by atoms with Gasteiger partial charge >= 0.3 is 0 Å². The van der Waals surface area contributed by atoms with Crippen LogP contribution in [0.25, 0.3) is 33.5 Å². The van der Waals surface area contributed by atoms with Crippen molar-refractivity contribution in [3.8, 4) is 22.8 Å². The van der Waals surface area contributed by atoms with Gasteiger partial charge in [0.15, 0.2) is 11.6 Å². The zero-order valence-corrected chi connectivity index (χ0v) is 31.0. The molecule has 11 rings (SSSR count). The summed E-state index contributed by atoms with van der Waals surface area (Å²) in [5.41, 5.74) is 16.1. The molecule has 4 aliphatic carbocycles. The van der Waals surface area contributed by atoms with Crippen molar-refractivity contribution in [3.63, 3.8) is 0 Å². The van der Waals surface area contributed by atoms with Crippen LogP contribution in [-0.4, -0.2) is 15.0 Å². The molecule has 2 N–H and O–H groups in total. The largest absolute Gasteiger partial charge is 0.402 e. The number of fused-ring (bicyclic) bond motifs is 9. The number of hydrogen-bond acceptors (Lipinski definition) is 5. The Morgan fingerprint density at radius 3 is 2.25 bits per heavy atom. The molecule has 1 aliphatic heterocycles. The van der Waals surface area contributed by atoms with Crippen molar-refractivity contribution in [2.45, 2.75) is 40.9 Å². The first-order valence-corrected chi connectivity index (χ1v) is 20.1. The van der Waals surface area contributed by atoms with Gasteiger partial charge in [0.25, 0.3) is 0 Å². The summed E-state index contributed by atoms with van der Waals surface area (Å²) in [5, 5.41) is 2.36. The van der Waals surface area contributed by atoms with Crippen molar-refractivity contribution < 1.29 is 0 Å². The van der Waals surface area contributed by atoms with E-state index in [9.17, 15) is 0 Å². The normalized spacial score (nSPS) is 24.4. The van der Waals surface area contributed by atoms with E-state index in [4.69, 9.17) is 20.7 Å². The number of aromatic nitrogens is 3.